The summed E-state index contributed by atoms with van der Waals surface area (Å²) in [6.45, 7) is 0. The van der Waals surface area contributed by atoms with E-state index in [0.29, 0.717) is 0 Å². The average Bonchev–Trinajstić information content (AvgIpc) is 2.75. The van der Waals surface area contributed by atoms with E-state index >= 15 is 0 Å². The highest BCUT2D eigenvalue weighted by Crippen LogP contribution is 2.32. The van der Waals surface area contributed by atoms with Crippen LogP contribution in [0, 0.1) is 0 Å². The molecule has 0 aliphatic heterocycles. The van der Waals surface area contributed by atoms with Crippen LogP contribution in [-0.4, -0.2) is 25.0 Å². The van der Waals surface area contributed by atoms with E-state index in [1.165, 1.54) is 36.1 Å². The second kappa shape index (κ2) is 5.80. The molecule has 1 aliphatic rings. The van der Waals surface area contributed by atoms with E-state index in [0.717, 1.165) is 35.3 Å². The van der Waals surface area contributed by atoms with E-state index in [1.54, 1.807) is 14.1 Å². The van der Waals surface area contributed by atoms with Gasteiger partial charge in [0.1, 0.15) is 11.3 Å². The number of carbonyl (C=O) groups excluding carboxylic acids is 1. The summed E-state index contributed by atoms with van der Waals surface area (Å²) >= 11 is 0. The number of urea groups is 1. The van der Waals surface area contributed by atoms with E-state index in [4.69, 9.17) is 4.42 Å². The lowest BCUT2D eigenvalue weighted by Gasteiger charge is -2.12. The highest BCUT2D eigenvalue weighted by Gasteiger charge is 2.16. The molecule has 0 spiro atoms. The fourth-order valence-corrected chi connectivity index (χ4v) is 2.93. The van der Waals surface area contributed by atoms with E-state index in [2.05, 4.69) is 5.32 Å². The average molecular weight is 286 g/mol. The van der Waals surface area contributed by atoms with Gasteiger partial charge in [0, 0.05) is 37.2 Å². The first-order valence-electron chi connectivity index (χ1n) is 7.68. The van der Waals surface area contributed by atoms with Crippen LogP contribution in [0.5, 0.6) is 0 Å². The minimum atomic E-state index is -0.110. The van der Waals surface area contributed by atoms with Crippen molar-refractivity contribution in [3.63, 3.8) is 0 Å². The molecule has 0 atom stereocenters. The van der Waals surface area contributed by atoms with Gasteiger partial charge < -0.3 is 14.6 Å². The molecule has 0 radical (unpaired) electrons. The largest absolute Gasteiger partial charge is 0.461 e. The molecule has 1 N–H and O–H groups in total. The molecule has 4 nitrogen and oxygen atoms in total. The number of fused-ring (bicyclic) bond motifs is 3. The first-order chi connectivity index (χ1) is 10.1. The first kappa shape index (κ1) is 14.0. The fraction of sp³-hybridized carbons (Fsp3) is 0.471. The Labute approximate surface area is 125 Å². The predicted molar refractivity (Wildman–Crippen MR) is 84.8 cm³/mol. The Kier molecular flexibility index (Phi) is 3.86. The molecule has 1 aromatic heterocycles. The lowest BCUT2D eigenvalue weighted by atomic mass is 9.97. The molecule has 21 heavy (non-hydrogen) atoms. The molecule has 2 aromatic rings. The van der Waals surface area contributed by atoms with Gasteiger partial charge in [-0.25, -0.2) is 4.79 Å². The maximum atomic E-state index is 11.8. The summed E-state index contributed by atoms with van der Waals surface area (Å²) in [4.78, 5) is 13.3. The Hall–Kier alpha value is -1.97. The molecule has 0 saturated carbocycles. The lowest BCUT2D eigenvalue weighted by molar-refractivity contribution is 0.230. The summed E-state index contributed by atoms with van der Waals surface area (Å²) in [5, 5.41) is 4.06. The number of amides is 2. The minimum absolute atomic E-state index is 0.110. The van der Waals surface area contributed by atoms with Gasteiger partial charge in [0.25, 0.3) is 0 Å². The summed E-state index contributed by atoms with van der Waals surface area (Å²) in [6.07, 6.45) is 7.12. The van der Waals surface area contributed by atoms with Crippen molar-refractivity contribution in [1.29, 1.82) is 0 Å². The molecular formula is C17H22N2O2. The molecule has 4 heteroatoms. The van der Waals surface area contributed by atoms with Crippen molar-refractivity contribution in [3.8, 4) is 0 Å². The summed E-state index contributed by atoms with van der Waals surface area (Å²) in [6, 6.07) is 5.80. The van der Waals surface area contributed by atoms with Crippen LogP contribution in [0.3, 0.4) is 0 Å². The number of carbonyl (C=O) groups is 1. The van der Waals surface area contributed by atoms with Gasteiger partial charge in [-0.2, -0.15) is 0 Å². The summed E-state index contributed by atoms with van der Waals surface area (Å²) in [7, 11) is 3.47. The van der Waals surface area contributed by atoms with Crippen LogP contribution in [0.25, 0.3) is 11.0 Å². The zero-order chi connectivity index (χ0) is 14.8. The third-order valence-electron chi connectivity index (χ3n) is 4.11. The number of hydrogen-bond donors (Lipinski definition) is 1. The van der Waals surface area contributed by atoms with Gasteiger partial charge in [-0.05, 0) is 37.5 Å². The van der Waals surface area contributed by atoms with Crippen LogP contribution in [-0.2, 0) is 12.8 Å². The molecule has 3 rings (SSSR count). The number of anilines is 1. The van der Waals surface area contributed by atoms with E-state index in [-0.39, 0.29) is 6.03 Å². The Morgan fingerprint density at radius 2 is 1.90 bits per heavy atom. The molecule has 2 amide bonds. The SMILES string of the molecule is CN(C)C(=O)Nc1ccc2oc3c(c2c1)CCCCCC3. The van der Waals surface area contributed by atoms with Crippen molar-refractivity contribution in [2.24, 2.45) is 0 Å². The standard InChI is InChI=1S/C17H22N2O2/c1-19(2)17(20)18-12-9-10-16-14(11-12)13-7-5-3-4-6-8-15(13)21-16/h9-11H,3-8H2,1-2H3,(H,18,20). The molecule has 1 aromatic carbocycles. The van der Waals surface area contributed by atoms with Crippen LogP contribution in [0.4, 0.5) is 10.5 Å². The van der Waals surface area contributed by atoms with Gasteiger partial charge in [-0.15, -0.1) is 0 Å². The molecule has 1 heterocycles. The molecule has 1 aliphatic carbocycles. The van der Waals surface area contributed by atoms with Crippen molar-refractivity contribution < 1.29 is 9.21 Å². The van der Waals surface area contributed by atoms with Crippen LogP contribution < -0.4 is 5.32 Å². The number of rotatable bonds is 1. The predicted octanol–water partition coefficient (Wildman–Crippen LogP) is 4.19. The molecule has 0 fully saturated rings. The quantitative estimate of drug-likeness (QED) is 0.854. The van der Waals surface area contributed by atoms with Gasteiger partial charge >= 0.3 is 6.03 Å². The van der Waals surface area contributed by atoms with Crippen molar-refractivity contribution >= 4 is 22.7 Å². The van der Waals surface area contributed by atoms with Crippen molar-refractivity contribution in [1.82, 2.24) is 4.90 Å². The number of nitrogens with zero attached hydrogens (tertiary/aromatic N) is 1. The highest BCUT2D eigenvalue weighted by molar-refractivity contribution is 5.93. The second-order valence-corrected chi connectivity index (χ2v) is 5.95. The van der Waals surface area contributed by atoms with Crippen molar-refractivity contribution in [2.75, 3.05) is 19.4 Å². The Balaban J connectivity index is 1.96. The normalized spacial score (nSPS) is 15.1. The second-order valence-electron chi connectivity index (χ2n) is 5.95. The van der Waals surface area contributed by atoms with E-state index < -0.39 is 0 Å². The first-order valence-corrected chi connectivity index (χ1v) is 7.68. The van der Waals surface area contributed by atoms with Crippen LogP contribution in [0.2, 0.25) is 0 Å². The minimum Gasteiger partial charge on any atom is -0.461 e. The van der Waals surface area contributed by atoms with Gasteiger partial charge in [-0.1, -0.05) is 12.8 Å². The third kappa shape index (κ3) is 2.89. The Morgan fingerprint density at radius 3 is 2.67 bits per heavy atom. The number of aryl methyl sites for hydroxylation is 2. The monoisotopic (exact) mass is 286 g/mol. The maximum Gasteiger partial charge on any atom is 0.321 e. The lowest BCUT2D eigenvalue weighted by Crippen LogP contribution is -2.27. The van der Waals surface area contributed by atoms with Gasteiger partial charge in [0.2, 0.25) is 0 Å². The summed E-state index contributed by atoms with van der Waals surface area (Å²) < 4.78 is 6.01. The molecule has 0 unspecified atom stereocenters. The molecular weight excluding hydrogens is 264 g/mol. The topological polar surface area (TPSA) is 45.5 Å². The van der Waals surface area contributed by atoms with Crippen LogP contribution in [0.1, 0.15) is 37.0 Å². The zero-order valence-electron chi connectivity index (χ0n) is 12.7. The highest BCUT2D eigenvalue weighted by atomic mass is 16.3. The van der Waals surface area contributed by atoms with Gasteiger partial charge in [-0.3, -0.25) is 0 Å². The zero-order valence-corrected chi connectivity index (χ0v) is 12.7. The van der Waals surface area contributed by atoms with Gasteiger partial charge in [0.05, 0.1) is 0 Å². The molecule has 0 saturated heterocycles. The maximum absolute atomic E-state index is 11.8. The summed E-state index contributed by atoms with van der Waals surface area (Å²) in [5.74, 6) is 1.14. The van der Waals surface area contributed by atoms with Crippen molar-refractivity contribution in [3.05, 3.63) is 29.5 Å². The molecule has 112 valence electrons. The number of nitrogens with one attached hydrogen (secondary N) is 1. The fourth-order valence-electron chi connectivity index (χ4n) is 2.93. The van der Waals surface area contributed by atoms with Crippen molar-refractivity contribution in [2.45, 2.75) is 38.5 Å². The number of furan rings is 1. The van der Waals surface area contributed by atoms with Crippen LogP contribution >= 0.6 is 0 Å². The van der Waals surface area contributed by atoms with E-state index in [9.17, 15) is 4.79 Å². The Morgan fingerprint density at radius 1 is 1.14 bits per heavy atom. The Bertz CT molecular complexity index is 658. The third-order valence-corrected chi connectivity index (χ3v) is 4.11. The number of benzene rings is 1. The van der Waals surface area contributed by atoms with E-state index in [1.807, 2.05) is 18.2 Å². The molecule has 0 bridgehead atoms. The van der Waals surface area contributed by atoms with Crippen LogP contribution in [0.15, 0.2) is 22.6 Å². The number of hydrogen-bond acceptors (Lipinski definition) is 2. The van der Waals surface area contributed by atoms with Gasteiger partial charge in [0.15, 0.2) is 0 Å². The smallest absolute Gasteiger partial charge is 0.321 e. The summed E-state index contributed by atoms with van der Waals surface area (Å²) in [5.41, 5.74) is 3.10.